The van der Waals surface area contributed by atoms with E-state index in [1.54, 1.807) is 14.1 Å². The minimum atomic E-state index is -0.515. The van der Waals surface area contributed by atoms with Crippen LogP contribution in [0.1, 0.15) is 27.2 Å². The second kappa shape index (κ2) is 4.31. The summed E-state index contributed by atoms with van der Waals surface area (Å²) in [7, 11) is 3.38. The predicted octanol–water partition coefficient (Wildman–Crippen LogP) is 1.08. The summed E-state index contributed by atoms with van der Waals surface area (Å²) < 4.78 is 5.22. The lowest BCUT2D eigenvalue weighted by Gasteiger charge is -2.41. The molecule has 0 saturated carbocycles. The van der Waals surface area contributed by atoms with Gasteiger partial charge in [-0.3, -0.25) is 9.69 Å². The lowest BCUT2D eigenvalue weighted by molar-refractivity contribution is -0.138. The Morgan fingerprint density at radius 2 is 1.88 bits per heavy atom. The van der Waals surface area contributed by atoms with E-state index in [9.17, 15) is 9.59 Å². The van der Waals surface area contributed by atoms with E-state index in [1.807, 2.05) is 20.8 Å². The summed E-state index contributed by atoms with van der Waals surface area (Å²) in [5, 5.41) is 0. The number of amides is 2. The van der Waals surface area contributed by atoms with Crippen LogP contribution < -0.4 is 0 Å². The van der Waals surface area contributed by atoms with Crippen LogP contribution in [0.4, 0.5) is 4.79 Å². The Morgan fingerprint density at radius 1 is 1.31 bits per heavy atom. The van der Waals surface area contributed by atoms with Gasteiger partial charge in [-0.15, -0.1) is 0 Å². The van der Waals surface area contributed by atoms with Gasteiger partial charge in [0.05, 0.1) is 0 Å². The first-order chi connectivity index (χ1) is 7.22. The van der Waals surface area contributed by atoms with Crippen LogP contribution in [0.15, 0.2) is 0 Å². The predicted molar refractivity (Wildman–Crippen MR) is 60.0 cm³/mol. The highest BCUT2D eigenvalue weighted by Crippen LogP contribution is 2.22. The summed E-state index contributed by atoms with van der Waals surface area (Å²) in [5.41, 5.74) is -0.515. The molecule has 1 aliphatic heterocycles. The number of carbonyl (C=O) groups excluding carboxylic acids is 2. The average molecular weight is 228 g/mol. The van der Waals surface area contributed by atoms with Gasteiger partial charge in [0.25, 0.3) is 0 Å². The zero-order valence-corrected chi connectivity index (χ0v) is 10.6. The Kier molecular flexibility index (Phi) is 3.45. The summed E-state index contributed by atoms with van der Waals surface area (Å²) >= 11 is 0. The Morgan fingerprint density at radius 3 is 2.19 bits per heavy atom. The van der Waals surface area contributed by atoms with E-state index in [-0.39, 0.29) is 11.9 Å². The minimum Gasteiger partial charge on any atom is -0.444 e. The Labute approximate surface area is 96.3 Å². The van der Waals surface area contributed by atoms with Crippen molar-refractivity contribution in [3.8, 4) is 0 Å². The highest BCUT2D eigenvalue weighted by atomic mass is 16.6. The zero-order chi connectivity index (χ0) is 12.5. The molecule has 5 nitrogen and oxygen atoms in total. The molecule has 1 heterocycles. The van der Waals surface area contributed by atoms with Crippen molar-refractivity contribution in [2.75, 3.05) is 20.6 Å². The van der Waals surface area contributed by atoms with Crippen molar-refractivity contribution in [3.05, 3.63) is 0 Å². The molecule has 1 fully saturated rings. The maximum atomic E-state index is 11.7. The Balaban J connectivity index is 2.56. The van der Waals surface area contributed by atoms with Crippen molar-refractivity contribution in [1.82, 2.24) is 9.80 Å². The quantitative estimate of drug-likeness (QED) is 0.675. The standard InChI is InChI=1S/C11H20N2O3/c1-11(2,3)16-10(15)13-7-6-8(13)9(14)12(4)5/h8H,6-7H2,1-5H3/t8-/m0/s1. The third-order valence-corrected chi connectivity index (χ3v) is 2.37. The van der Waals surface area contributed by atoms with E-state index in [4.69, 9.17) is 4.74 Å². The van der Waals surface area contributed by atoms with Crippen molar-refractivity contribution >= 4 is 12.0 Å². The maximum absolute atomic E-state index is 11.7. The van der Waals surface area contributed by atoms with Crippen LogP contribution in [0.2, 0.25) is 0 Å². The number of carbonyl (C=O) groups is 2. The fourth-order valence-electron chi connectivity index (χ4n) is 1.48. The van der Waals surface area contributed by atoms with Gasteiger partial charge in [-0.05, 0) is 27.2 Å². The van der Waals surface area contributed by atoms with Crippen LogP contribution in [0.25, 0.3) is 0 Å². The summed E-state index contributed by atoms with van der Waals surface area (Å²) in [6.45, 7) is 6.04. The molecule has 16 heavy (non-hydrogen) atoms. The summed E-state index contributed by atoms with van der Waals surface area (Å²) in [5.74, 6) is -0.0443. The molecule has 1 atom stereocenters. The van der Waals surface area contributed by atoms with Crippen molar-refractivity contribution in [3.63, 3.8) is 0 Å². The van der Waals surface area contributed by atoms with E-state index < -0.39 is 11.7 Å². The minimum absolute atomic E-state index is 0.0443. The molecule has 0 aromatic carbocycles. The molecular formula is C11H20N2O3. The van der Waals surface area contributed by atoms with Gasteiger partial charge in [-0.2, -0.15) is 0 Å². The molecule has 0 unspecified atom stereocenters. The zero-order valence-electron chi connectivity index (χ0n) is 10.6. The molecule has 0 radical (unpaired) electrons. The summed E-state index contributed by atoms with van der Waals surface area (Å²) in [6.07, 6.45) is 0.315. The number of nitrogens with zero attached hydrogens (tertiary/aromatic N) is 2. The van der Waals surface area contributed by atoms with Gasteiger partial charge >= 0.3 is 6.09 Å². The highest BCUT2D eigenvalue weighted by Gasteiger charge is 2.40. The van der Waals surface area contributed by atoms with Gasteiger partial charge in [0.2, 0.25) is 5.91 Å². The van der Waals surface area contributed by atoms with E-state index in [2.05, 4.69) is 0 Å². The van der Waals surface area contributed by atoms with Crippen LogP contribution in [0.5, 0.6) is 0 Å². The molecule has 92 valence electrons. The third-order valence-electron chi connectivity index (χ3n) is 2.37. The lowest BCUT2D eigenvalue weighted by Crippen LogP contribution is -2.58. The molecular weight excluding hydrogens is 208 g/mol. The molecule has 5 heteroatoms. The molecule has 2 amide bonds. The first kappa shape index (κ1) is 12.8. The van der Waals surface area contributed by atoms with E-state index in [1.165, 1.54) is 9.80 Å². The fourth-order valence-corrected chi connectivity index (χ4v) is 1.48. The normalized spacial score (nSPS) is 20.1. The smallest absolute Gasteiger partial charge is 0.410 e. The van der Waals surface area contributed by atoms with Gasteiger partial charge < -0.3 is 9.64 Å². The molecule has 1 saturated heterocycles. The molecule has 0 bridgehead atoms. The van der Waals surface area contributed by atoms with E-state index >= 15 is 0 Å². The second-order valence-electron chi connectivity index (χ2n) is 5.21. The second-order valence-corrected chi connectivity index (χ2v) is 5.21. The topological polar surface area (TPSA) is 49.9 Å². The number of hydrogen-bond donors (Lipinski definition) is 0. The fraction of sp³-hybridized carbons (Fsp3) is 0.818. The largest absolute Gasteiger partial charge is 0.444 e. The van der Waals surface area contributed by atoms with Gasteiger partial charge in [-0.25, -0.2) is 4.79 Å². The molecule has 0 N–H and O–H groups in total. The molecule has 0 spiro atoms. The van der Waals surface area contributed by atoms with Crippen LogP contribution in [0.3, 0.4) is 0 Å². The number of rotatable bonds is 1. The number of likely N-dealkylation sites (tertiary alicyclic amines) is 1. The van der Waals surface area contributed by atoms with Crippen LogP contribution in [-0.2, 0) is 9.53 Å². The lowest BCUT2D eigenvalue weighted by atomic mass is 10.0. The first-order valence-electron chi connectivity index (χ1n) is 5.43. The molecule has 0 aliphatic carbocycles. The monoisotopic (exact) mass is 228 g/mol. The van der Waals surface area contributed by atoms with Gasteiger partial charge in [0.1, 0.15) is 11.6 Å². The van der Waals surface area contributed by atoms with Crippen molar-refractivity contribution in [2.24, 2.45) is 0 Å². The van der Waals surface area contributed by atoms with Crippen molar-refractivity contribution in [2.45, 2.75) is 38.8 Å². The van der Waals surface area contributed by atoms with Gasteiger partial charge in [-0.1, -0.05) is 0 Å². The third kappa shape index (κ3) is 2.87. The van der Waals surface area contributed by atoms with Gasteiger partial charge in [0, 0.05) is 20.6 Å². The SMILES string of the molecule is CN(C)C(=O)[C@@H]1CCN1C(=O)OC(C)(C)C. The average Bonchev–Trinajstić information content (AvgIpc) is 1.97. The highest BCUT2D eigenvalue weighted by molar-refractivity contribution is 5.87. The molecule has 0 aromatic rings. The number of likely N-dealkylation sites (N-methyl/N-ethyl adjacent to an activating group) is 1. The summed E-state index contributed by atoms with van der Waals surface area (Å²) in [4.78, 5) is 26.4. The molecule has 0 aromatic heterocycles. The summed E-state index contributed by atoms with van der Waals surface area (Å²) in [6, 6.07) is -0.343. The van der Waals surface area contributed by atoms with Gasteiger partial charge in [0.15, 0.2) is 0 Å². The van der Waals surface area contributed by atoms with Crippen LogP contribution in [0, 0.1) is 0 Å². The number of ether oxygens (including phenoxy) is 1. The molecule has 1 rings (SSSR count). The van der Waals surface area contributed by atoms with Crippen LogP contribution in [-0.4, -0.2) is 54.1 Å². The van der Waals surface area contributed by atoms with Crippen molar-refractivity contribution < 1.29 is 14.3 Å². The van der Waals surface area contributed by atoms with Crippen molar-refractivity contribution in [1.29, 1.82) is 0 Å². The van der Waals surface area contributed by atoms with E-state index in [0.717, 1.165) is 6.42 Å². The Hall–Kier alpha value is -1.26. The first-order valence-corrected chi connectivity index (χ1v) is 5.43. The molecule has 1 aliphatic rings. The van der Waals surface area contributed by atoms with E-state index in [0.29, 0.717) is 6.54 Å². The Bertz CT molecular complexity index is 294. The maximum Gasteiger partial charge on any atom is 0.410 e. The van der Waals surface area contributed by atoms with Crippen LogP contribution >= 0.6 is 0 Å². The number of hydrogen-bond acceptors (Lipinski definition) is 3.